The fraction of sp³-hybridized carbons (Fsp3) is 0.448. The zero-order valence-corrected chi connectivity index (χ0v) is 23.6. The number of carbonyl (C=O) groups excluding carboxylic acids is 2. The molecule has 0 unspecified atom stereocenters. The van der Waals surface area contributed by atoms with Crippen molar-refractivity contribution in [2.75, 3.05) is 13.2 Å². The van der Waals surface area contributed by atoms with E-state index in [-0.39, 0.29) is 68.0 Å². The average Bonchev–Trinajstić information content (AvgIpc) is 3.27. The largest absolute Gasteiger partial charge is 0.458 e. The summed E-state index contributed by atoms with van der Waals surface area (Å²) < 4.78 is 21.8. The number of ether oxygens (including phenoxy) is 1. The molecule has 212 valence electrons. The van der Waals surface area contributed by atoms with E-state index in [2.05, 4.69) is 0 Å². The van der Waals surface area contributed by atoms with E-state index in [1.165, 1.54) is 13.0 Å². The van der Waals surface area contributed by atoms with Crippen LogP contribution in [0.1, 0.15) is 67.0 Å². The SMILES string of the molecule is CC[C@@]1(O)C(=O)OCc2c1cc1n(c2=O)Cc2c-1nc1cc(F)c(C)c3c1c2[C@](C)(N(CCO)C(C)=O)CC3.Cl. The number of hydrogen-bond donors (Lipinski definition) is 2. The molecule has 11 heteroatoms. The van der Waals surface area contributed by atoms with Gasteiger partial charge in [-0.2, -0.15) is 0 Å². The predicted molar refractivity (Wildman–Crippen MR) is 147 cm³/mol. The van der Waals surface area contributed by atoms with Gasteiger partial charge in [0.15, 0.2) is 5.60 Å². The number of benzene rings is 1. The second kappa shape index (κ2) is 9.36. The molecular weight excluding hydrogens is 541 g/mol. The third kappa shape index (κ3) is 3.52. The number of rotatable bonds is 4. The minimum atomic E-state index is -1.96. The molecule has 2 N–H and O–H groups in total. The fourth-order valence-electron chi connectivity index (χ4n) is 6.91. The number of carbonyl (C=O) groups is 2. The first-order chi connectivity index (χ1) is 18.5. The molecule has 40 heavy (non-hydrogen) atoms. The molecular formula is C29H31ClFN3O6. The van der Waals surface area contributed by atoms with Crippen LogP contribution in [0.4, 0.5) is 4.39 Å². The lowest BCUT2D eigenvalue weighted by Crippen LogP contribution is -2.50. The van der Waals surface area contributed by atoms with Gasteiger partial charge in [-0.3, -0.25) is 9.59 Å². The van der Waals surface area contributed by atoms with Crippen LogP contribution in [0.3, 0.4) is 0 Å². The Balaban J connectivity index is 0.00000323. The highest BCUT2D eigenvalue weighted by atomic mass is 35.5. The van der Waals surface area contributed by atoms with Crippen molar-refractivity contribution in [3.8, 4) is 11.4 Å². The smallest absolute Gasteiger partial charge is 0.343 e. The van der Waals surface area contributed by atoms with Gasteiger partial charge in [-0.05, 0) is 55.9 Å². The van der Waals surface area contributed by atoms with Crippen molar-refractivity contribution < 1.29 is 28.9 Å². The molecule has 6 rings (SSSR count). The van der Waals surface area contributed by atoms with Crippen molar-refractivity contribution in [1.29, 1.82) is 0 Å². The van der Waals surface area contributed by atoms with E-state index in [9.17, 15) is 24.6 Å². The summed E-state index contributed by atoms with van der Waals surface area (Å²) in [7, 11) is 0. The van der Waals surface area contributed by atoms with E-state index in [1.807, 2.05) is 6.92 Å². The first kappa shape index (κ1) is 28.2. The van der Waals surface area contributed by atoms with Crippen LogP contribution in [0.5, 0.6) is 0 Å². The normalized spacial score (nSPS) is 22.2. The van der Waals surface area contributed by atoms with Gasteiger partial charge < -0.3 is 24.4 Å². The molecule has 0 saturated carbocycles. The van der Waals surface area contributed by atoms with Crippen LogP contribution in [-0.4, -0.2) is 49.7 Å². The number of amides is 1. The Labute approximate surface area is 236 Å². The number of cyclic esters (lactones) is 1. The van der Waals surface area contributed by atoms with Crippen molar-refractivity contribution in [2.45, 2.75) is 71.2 Å². The number of halogens is 2. The summed E-state index contributed by atoms with van der Waals surface area (Å²) in [5, 5.41) is 21.8. The average molecular weight is 572 g/mol. The number of aryl methyl sites for hydroxylation is 1. The molecule has 4 heterocycles. The molecule has 3 aliphatic rings. The van der Waals surface area contributed by atoms with E-state index in [1.54, 1.807) is 29.4 Å². The van der Waals surface area contributed by atoms with E-state index in [0.717, 1.165) is 22.1 Å². The van der Waals surface area contributed by atoms with E-state index in [4.69, 9.17) is 9.72 Å². The molecule has 2 aromatic heterocycles. The van der Waals surface area contributed by atoms with E-state index >= 15 is 4.39 Å². The monoisotopic (exact) mass is 571 g/mol. The molecule has 2 aliphatic heterocycles. The third-order valence-corrected chi connectivity index (χ3v) is 9.00. The van der Waals surface area contributed by atoms with Crippen LogP contribution in [0.15, 0.2) is 16.9 Å². The maximum absolute atomic E-state index is 15.1. The van der Waals surface area contributed by atoms with E-state index < -0.39 is 22.7 Å². The van der Waals surface area contributed by atoms with Gasteiger partial charge >= 0.3 is 5.97 Å². The number of nitrogens with zero attached hydrogens (tertiary/aromatic N) is 3. The topological polar surface area (TPSA) is 122 Å². The second-order valence-electron chi connectivity index (χ2n) is 10.9. The quantitative estimate of drug-likeness (QED) is 0.361. The Bertz CT molecular complexity index is 1690. The number of hydrogen-bond acceptors (Lipinski definition) is 7. The third-order valence-electron chi connectivity index (χ3n) is 9.00. The van der Waals surface area contributed by atoms with Gasteiger partial charge in [0.1, 0.15) is 12.4 Å². The van der Waals surface area contributed by atoms with Gasteiger partial charge in [-0.15, -0.1) is 12.4 Å². The minimum Gasteiger partial charge on any atom is -0.458 e. The maximum atomic E-state index is 15.1. The van der Waals surface area contributed by atoms with Gasteiger partial charge in [0.05, 0.1) is 41.2 Å². The molecule has 1 aromatic carbocycles. The number of aliphatic hydroxyl groups is 2. The molecule has 0 bridgehead atoms. The minimum absolute atomic E-state index is 0. The summed E-state index contributed by atoms with van der Waals surface area (Å²) in [5.41, 5.74) is 1.33. The highest BCUT2D eigenvalue weighted by Crippen LogP contribution is 2.50. The highest BCUT2D eigenvalue weighted by molar-refractivity contribution is 5.94. The predicted octanol–water partition coefficient (Wildman–Crippen LogP) is 2.95. The molecule has 9 nitrogen and oxygen atoms in total. The van der Waals surface area contributed by atoms with Crippen molar-refractivity contribution in [1.82, 2.24) is 14.5 Å². The Morgan fingerprint density at radius 2 is 1.98 bits per heavy atom. The van der Waals surface area contributed by atoms with Gasteiger partial charge in [0.25, 0.3) is 5.56 Å². The summed E-state index contributed by atoms with van der Waals surface area (Å²) in [6.07, 6.45) is 1.03. The number of esters is 1. The lowest BCUT2D eigenvalue weighted by atomic mass is 9.73. The van der Waals surface area contributed by atoms with Gasteiger partial charge in [-0.1, -0.05) is 6.92 Å². The zero-order valence-electron chi connectivity index (χ0n) is 22.8. The van der Waals surface area contributed by atoms with Crippen LogP contribution in [0.2, 0.25) is 0 Å². The lowest BCUT2D eigenvalue weighted by Gasteiger charge is -2.45. The first-order valence-electron chi connectivity index (χ1n) is 13.2. The summed E-state index contributed by atoms with van der Waals surface area (Å²) >= 11 is 0. The Morgan fingerprint density at radius 1 is 1.25 bits per heavy atom. The standard InChI is InChI=1S/C29H30FN3O6.ClH/c1-5-29(38)19-10-22-25-17(12-32(22)26(36)18(19)13-39-27(29)37)24-23-16(14(2)20(30)11-21(23)31-25)6-7-28(24,4)33(8-9-34)15(3)35;/h10-11,34,38H,5-9,12-13H2,1-4H3;1H/t28-,29+;/m1./s1. The molecule has 0 spiro atoms. The molecule has 0 saturated heterocycles. The molecule has 1 amide bonds. The van der Waals surface area contributed by atoms with Crippen LogP contribution >= 0.6 is 12.4 Å². The molecule has 0 fully saturated rings. The molecule has 1 aliphatic carbocycles. The van der Waals surface area contributed by atoms with Crippen molar-refractivity contribution in [3.63, 3.8) is 0 Å². The number of aromatic nitrogens is 2. The number of aliphatic hydroxyl groups excluding tert-OH is 1. The summed E-state index contributed by atoms with van der Waals surface area (Å²) in [6.45, 7) is 6.58. The van der Waals surface area contributed by atoms with Crippen LogP contribution in [0.25, 0.3) is 22.3 Å². The number of pyridine rings is 2. The summed E-state index contributed by atoms with van der Waals surface area (Å²) in [5.74, 6) is -1.40. The van der Waals surface area contributed by atoms with E-state index in [0.29, 0.717) is 35.3 Å². The summed E-state index contributed by atoms with van der Waals surface area (Å²) in [6, 6.07) is 3.01. The van der Waals surface area contributed by atoms with Crippen molar-refractivity contribution >= 4 is 35.2 Å². The van der Waals surface area contributed by atoms with Crippen LogP contribution in [-0.2, 0) is 45.0 Å². The first-order valence-corrected chi connectivity index (χ1v) is 13.2. The Kier molecular flexibility index (Phi) is 6.60. The lowest BCUT2D eigenvalue weighted by molar-refractivity contribution is -0.172. The molecule has 3 aromatic rings. The number of fused-ring (bicyclic) bond motifs is 5. The second-order valence-corrected chi connectivity index (χ2v) is 10.9. The maximum Gasteiger partial charge on any atom is 0.343 e. The van der Waals surface area contributed by atoms with Crippen molar-refractivity contribution in [3.05, 3.63) is 61.7 Å². The van der Waals surface area contributed by atoms with Gasteiger partial charge in [-0.25, -0.2) is 14.2 Å². The Hall–Kier alpha value is -3.34. The molecule has 2 atom stereocenters. The summed E-state index contributed by atoms with van der Waals surface area (Å²) in [4.78, 5) is 45.7. The molecule has 0 radical (unpaired) electrons. The fourth-order valence-corrected chi connectivity index (χ4v) is 6.91. The van der Waals surface area contributed by atoms with Crippen LogP contribution < -0.4 is 5.56 Å². The Morgan fingerprint density at radius 3 is 2.62 bits per heavy atom. The zero-order chi connectivity index (χ0) is 28.0. The highest BCUT2D eigenvalue weighted by Gasteiger charge is 2.47. The van der Waals surface area contributed by atoms with Gasteiger partial charge in [0.2, 0.25) is 5.91 Å². The van der Waals surface area contributed by atoms with Gasteiger partial charge in [0, 0.05) is 36.0 Å². The van der Waals surface area contributed by atoms with Crippen molar-refractivity contribution in [2.24, 2.45) is 0 Å². The van der Waals surface area contributed by atoms with Crippen LogP contribution in [0, 0.1) is 12.7 Å².